The SMILES string of the molecule is CC=Cc1ccc(-c2ccc(OC(F)(F)F)cc2)cc1[N+](=O)[O-]. The van der Waals surface area contributed by atoms with Gasteiger partial charge in [0.15, 0.2) is 0 Å². The van der Waals surface area contributed by atoms with E-state index in [0.29, 0.717) is 16.7 Å². The van der Waals surface area contributed by atoms with E-state index in [4.69, 9.17) is 0 Å². The van der Waals surface area contributed by atoms with Gasteiger partial charge in [-0.3, -0.25) is 10.1 Å². The number of halogens is 3. The van der Waals surface area contributed by atoms with Crippen LogP contribution >= 0.6 is 0 Å². The highest BCUT2D eigenvalue weighted by molar-refractivity contribution is 5.72. The van der Waals surface area contributed by atoms with E-state index in [1.165, 1.54) is 18.2 Å². The van der Waals surface area contributed by atoms with Crippen LogP contribution in [0.15, 0.2) is 48.5 Å². The molecule has 23 heavy (non-hydrogen) atoms. The molecule has 0 aromatic heterocycles. The van der Waals surface area contributed by atoms with Gasteiger partial charge in [0.2, 0.25) is 0 Å². The van der Waals surface area contributed by atoms with Gasteiger partial charge in [0.05, 0.1) is 10.5 Å². The number of nitro benzene ring substituents is 1. The van der Waals surface area contributed by atoms with Gasteiger partial charge >= 0.3 is 6.36 Å². The maximum absolute atomic E-state index is 12.1. The van der Waals surface area contributed by atoms with Crippen molar-refractivity contribution in [2.45, 2.75) is 13.3 Å². The Labute approximate surface area is 130 Å². The fraction of sp³-hybridized carbons (Fsp3) is 0.125. The van der Waals surface area contributed by atoms with Gasteiger partial charge in [-0.1, -0.05) is 30.4 Å². The molecule has 2 aromatic rings. The second-order valence-corrected chi connectivity index (χ2v) is 4.60. The third kappa shape index (κ3) is 4.32. The highest BCUT2D eigenvalue weighted by atomic mass is 19.4. The van der Waals surface area contributed by atoms with Crippen LogP contribution in [0.25, 0.3) is 17.2 Å². The molecule has 0 saturated heterocycles. The maximum atomic E-state index is 12.1. The molecule has 0 atom stereocenters. The number of alkyl halides is 3. The number of benzene rings is 2. The van der Waals surface area contributed by atoms with Crippen LogP contribution in [0, 0.1) is 10.1 Å². The molecule has 0 fully saturated rings. The molecule has 2 rings (SSSR count). The molecule has 0 aliphatic rings. The lowest BCUT2D eigenvalue weighted by atomic mass is 10.0. The summed E-state index contributed by atoms with van der Waals surface area (Å²) in [6.07, 6.45) is -1.46. The predicted octanol–water partition coefficient (Wildman–Crippen LogP) is 5.19. The number of rotatable bonds is 4. The largest absolute Gasteiger partial charge is 0.573 e. The molecule has 0 spiro atoms. The van der Waals surface area contributed by atoms with E-state index in [9.17, 15) is 23.3 Å². The molecule has 0 bridgehead atoms. The van der Waals surface area contributed by atoms with E-state index in [-0.39, 0.29) is 11.4 Å². The van der Waals surface area contributed by atoms with Crippen molar-refractivity contribution >= 4 is 11.8 Å². The van der Waals surface area contributed by atoms with Crippen LogP contribution in [0.2, 0.25) is 0 Å². The van der Waals surface area contributed by atoms with E-state index >= 15 is 0 Å². The standard InChI is InChI=1S/C16H12F3NO3/c1-2-3-12-4-5-13(10-15(12)20(21)22)11-6-8-14(9-7-11)23-16(17,18)19/h2-10H,1H3. The van der Waals surface area contributed by atoms with E-state index in [1.807, 2.05) is 0 Å². The lowest BCUT2D eigenvalue weighted by Gasteiger charge is -2.09. The number of nitrogens with zero attached hydrogens (tertiary/aromatic N) is 1. The van der Waals surface area contributed by atoms with Gasteiger partial charge in [-0.05, 0) is 36.2 Å². The summed E-state index contributed by atoms with van der Waals surface area (Å²) in [6, 6.07) is 9.79. The molecule has 0 unspecified atom stereocenters. The van der Waals surface area contributed by atoms with Gasteiger partial charge in [-0.25, -0.2) is 0 Å². The van der Waals surface area contributed by atoms with Gasteiger partial charge in [-0.2, -0.15) is 0 Å². The molecule has 4 nitrogen and oxygen atoms in total. The second-order valence-electron chi connectivity index (χ2n) is 4.60. The van der Waals surface area contributed by atoms with Crippen molar-refractivity contribution in [2.24, 2.45) is 0 Å². The molecule has 0 radical (unpaired) electrons. The highest BCUT2D eigenvalue weighted by Crippen LogP contribution is 2.30. The second kappa shape index (κ2) is 6.51. The Morgan fingerprint density at radius 1 is 1.09 bits per heavy atom. The third-order valence-electron chi connectivity index (χ3n) is 2.99. The number of nitro groups is 1. The van der Waals surface area contributed by atoms with Crippen LogP contribution in [0.1, 0.15) is 12.5 Å². The summed E-state index contributed by atoms with van der Waals surface area (Å²) >= 11 is 0. The van der Waals surface area contributed by atoms with Crippen molar-refractivity contribution in [1.82, 2.24) is 0 Å². The van der Waals surface area contributed by atoms with Crippen molar-refractivity contribution in [3.63, 3.8) is 0 Å². The van der Waals surface area contributed by atoms with Crippen LogP contribution in [-0.4, -0.2) is 11.3 Å². The Balaban J connectivity index is 2.35. The third-order valence-corrected chi connectivity index (χ3v) is 2.99. The molecule has 0 aliphatic carbocycles. The first-order valence-corrected chi connectivity index (χ1v) is 6.57. The van der Waals surface area contributed by atoms with E-state index in [0.717, 1.165) is 12.1 Å². The summed E-state index contributed by atoms with van der Waals surface area (Å²) in [7, 11) is 0. The average molecular weight is 323 g/mol. The quantitative estimate of drug-likeness (QED) is 0.574. The first-order chi connectivity index (χ1) is 10.8. The van der Waals surface area contributed by atoms with Crippen LogP contribution in [0.3, 0.4) is 0 Å². The van der Waals surface area contributed by atoms with Crippen molar-refractivity contribution in [3.8, 4) is 16.9 Å². The zero-order valence-electron chi connectivity index (χ0n) is 12.0. The summed E-state index contributed by atoms with van der Waals surface area (Å²) < 4.78 is 40.1. The normalized spacial score (nSPS) is 11.7. The molecule has 2 aromatic carbocycles. The Hall–Kier alpha value is -2.83. The minimum Gasteiger partial charge on any atom is -0.406 e. The van der Waals surface area contributed by atoms with E-state index in [1.54, 1.807) is 31.2 Å². The van der Waals surface area contributed by atoms with Crippen molar-refractivity contribution < 1.29 is 22.8 Å². The lowest BCUT2D eigenvalue weighted by Crippen LogP contribution is -2.16. The van der Waals surface area contributed by atoms with Gasteiger partial charge in [0.25, 0.3) is 5.69 Å². The minimum absolute atomic E-state index is 0.0729. The van der Waals surface area contributed by atoms with Crippen LogP contribution < -0.4 is 4.74 Å². The summed E-state index contributed by atoms with van der Waals surface area (Å²) in [5, 5.41) is 11.1. The monoisotopic (exact) mass is 323 g/mol. The molecule has 0 aliphatic heterocycles. The van der Waals surface area contributed by atoms with Gasteiger partial charge in [-0.15, -0.1) is 13.2 Å². The molecule has 0 heterocycles. The first-order valence-electron chi connectivity index (χ1n) is 6.57. The smallest absolute Gasteiger partial charge is 0.406 e. The fourth-order valence-corrected chi connectivity index (χ4v) is 2.05. The van der Waals surface area contributed by atoms with Crippen LogP contribution in [-0.2, 0) is 0 Å². The van der Waals surface area contributed by atoms with Crippen LogP contribution in [0.4, 0.5) is 18.9 Å². The number of allylic oxidation sites excluding steroid dienone is 1. The average Bonchev–Trinajstić information content (AvgIpc) is 2.47. The highest BCUT2D eigenvalue weighted by Gasteiger charge is 2.30. The summed E-state index contributed by atoms with van der Waals surface area (Å²) in [5.41, 5.74) is 1.47. The van der Waals surface area contributed by atoms with Crippen molar-refractivity contribution in [1.29, 1.82) is 0 Å². The van der Waals surface area contributed by atoms with E-state index in [2.05, 4.69) is 4.74 Å². The zero-order valence-corrected chi connectivity index (χ0v) is 12.0. The van der Waals surface area contributed by atoms with Gasteiger partial charge in [0.1, 0.15) is 5.75 Å². The lowest BCUT2D eigenvalue weighted by molar-refractivity contribution is -0.385. The van der Waals surface area contributed by atoms with E-state index < -0.39 is 11.3 Å². The Morgan fingerprint density at radius 2 is 1.70 bits per heavy atom. The molecule has 7 heteroatoms. The Morgan fingerprint density at radius 3 is 2.22 bits per heavy atom. The summed E-state index contributed by atoms with van der Waals surface area (Å²) in [6.45, 7) is 1.75. The number of hydrogen-bond acceptors (Lipinski definition) is 3. The molecule has 120 valence electrons. The first kappa shape index (κ1) is 16.5. The molecule has 0 saturated carbocycles. The number of hydrogen-bond donors (Lipinski definition) is 0. The summed E-state index contributed by atoms with van der Waals surface area (Å²) in [4.78, 5) is 10.6. The molecule has 0 amide bonds. The van der Waals surface area contributed by atoms with Crippen molar-refractivity contribution in [3.05, 3.63) is 64.2 Å². The molecular weight excluding hydrogens is 311 g/mol. The number of ether oxygens (including phenoxy) is 1. The molecular formula is C16H12F3NO3. The zero-order chi connectivity index (χ0) is 17.0. The Kier molecular flexibility index (Phi) is 4.68. The predicted molar refractivity (Wildman–Crippen MR) is 79.9 cm³/mol. The maximum Gasteiger partial charge on any atom is 0.573 e. The van der Waals surface area contributed by atoms with Gasteiger partial charge < -0.3 is 4.74 Å². The Bertz CT molecular complexity index is 737. The molecule has 0 N–H and O–H groups in total. The minimum atomic E-state index is -4.76. The fourth-order valence-electron chi connectivity index (χ4n) is 2.05. The van der Waals surface area contributed by atoms with Gasteiger partial charge in [0, 0.05) is 6.07 Å². The van der Waals surface area contributed by atoms with Crippen LogP contribution in [0.5, 0.6) is 5.75 Å². The van der Waals surface area contributed by atoms with Crippen molar-refractivity contribution in [2.75, 3.05) is 0 Å². The topological polar surface area (TPSA) is 52.4 Å². The summed E-state index contributed by atoms with van der Waals surface area (Å²) in [5.74, 6) is -0.346.